The average molecular weight is 206 g/mol. The van der Waals surface area contributed by atoms with Crippen LogP contribution in [0.3, 0.4) is 0 Å². The van der Waals surface area contributed by atoms with Crippen LogP contribution in [0.4, 0.5) is 11.8 Å². The lowest BCUT2D eigenvalue weighted by Crippen LogP contribution is -2.25. The molecular weight excluding hydrogens is 192 g/mol. The van der Waals surface area contributed by atoms with Crippen molar-refractivity contribution >= 4 is 11.8 Å². The number of H-pyrrole nitrogens is 1. The third-order valence-corrected chi connectivity index (χ3v) is 3.08. The summed E-state index contributed by atoms with van der Waals surface area (Å²) in [4.78, 5) is 21.2. The second kappa shape index (κ2) is 3.25. The van der Waals surface area contributed by atoms with Crippen molar-refractivity contribution in [2.75, 3.05) is 29.9 Å². The largest absolute Gasteiger partial charge is 0.369 e. The molecule has 0 bridgehead atoms. The van der Waals surface area contributed by atoms with Gasteiger partial charge in [0.2, 0.25) is 5.95 Å². The van der Waals surface area contributed by atoms with E-state index in [9.17, 15) is 4.79 Å². The summed E-state index contributed by atoms with van der Waals surface area (Å²) < 4.78 is 0. The second-order valence-electron chi connectivity index (χ2n) is 4.09. The van der Waals surface area contributed by atoms with Gasteiger partial charge >= 0.3 is 0 Å². The highest BCUT2D eigenvalue weighted by atomic mass is 16.1. The standard InChI is InChI=1S/C10H14N4O/c15-9-7-3-4-11-8(7)12-10(13-9)14-5-1-2-6-14/h1-6H2,(H2,11,12,13,15). The van der Waals surface area contributed by atoms with E-state index in [0.717, 1.165) is 43.4 Å². The molecule has 0 atom stereocenters. The molecule has 15 heavy (non-hydrogen) atoms. The van der Waals surface area contributed by atoms with Crippen molar-refractivity contribution in [3.05, 3.63) is 15.9 Å². The molecule has 5 nitrogen and oxygen atoms in total. The fraction of sp³-hybridized carbons (Fsp3) is 0.600. The van der Waals surface area contributed by atoms with Gasteiger partial charge in [-0.1, -0.05) is 0 Å². The van der Waals surface area contributed by atoms with Crippen LogP contribution in [0, 0.1) is 0 Å². The molecule has 1 saturated heterocycles. The molecule has 1 aromatic rings. The first kappa shape index (κ1) is 8.76. The van der Waals surface area contributed by atoms with Gasteiger partial charge in [-0.15, -0.1) is 0 Å². The molecule has 1 fully saturated rings. The topological polar surface area (TPSA) is 61.0 Å². The van der Waals surface area contributed by atoms with Crippen molar-refractivity contribution in [3.8, 4) is 0 Å². The molecule has 0 amide bonds. The Hall–Kier alpha value is -1.52. The van der Waals surface area contributed by atoms with Crippen LogP contribution in [0.25, 0.3) is 0 Å². The van der Waals surface area contributed by atoms with Crippen LogP contribution in [0.15, 0.2) is 4.79 Å². The van der Waals surface area contributed by atoms with E-state index in [0.29, 0.717) is 0 Å². The minimum Gasteiger partial charge on any atom is -0.369 e. The summed E-state index contributed by atoms with van der Waals surface area (Å²) in [6.45, 7) is 2.83. The summed E-state index contributed by atoms with van der Waals surface area (Å²) in [5.74, 6) is 1.51. The van der Waals surface area contributed by atoms with Gasteiger partial charge in [0.15, 0.2) is 0 Å². The summed E-state index contributed by atoms with van der Waals surface area (Å²) in [5.41, 5.74) is 0.824. The molecule has 3 heterocycles. The van der Waals surface area contributed by atoms with Crippen molar-refractivity contribution in [3.63, 3.8) is 0 Å². The predicted octanol–water partition coefficient (Wildman–Crippen LogP) is 0.338. The Morgan fingerprint density at radius 3 is 2.87 bits per heavy atom. The Bertz CT molecular complexity index is 434. The van der Waals surface area contributed by atoms with E-state index >= 15 is 0 Å². The lowest BCUT2D eigenvalue weighted by molar-refractivity contribution is 0.887. The van der Waals surface area contributed by atoms with Gasteiger partial charge in [0.1, 0.15) is 5.82 Å². The zero-order valence-electron chi connectivity index (χ0n) is 8.55. The number of aromatic nitrogens is 2. The Labute approximate surface area is 87.5 Å². The predicted molar refractivity (Wildman–Crippen MR) is 58.5 cm³/mol. The first-order valence-corrected chi connectivity index (χ1v) is 5.46. The minimum atomic E-state index is 0.0203. The number of rotatable bonds is 1. The van der Waals surface area contributed by atoms with Crippen molar-refractivity contribution in [1.29, 1.82) is 0 Å². The highest BCUT2D eigenvalue weighted by Gasteiger charge is 2.20. The van der Waals surface area contributed by atoms with Gasteiger partial charge in [-0.25, -0.2) is 0 Å². The number of anilines is 2. The van der Waals surface area contributed by atoms with Crippen molar-refractivity contribution < 1.29 is 0 Å². The summed E-state index contributed by atoms with van der Waals surface area (Å²) >= 11 is 0. The van der Waals surface area contributed by atoms with E-state index < -0.39 is 0 Å². The van der Waals surface area contributed by atoms with Crippen molar-refractivity contribution in [2.24, 2.45) is 0 Å². The molecule has 5 heteroatoms. The maximum absolute atomic E-state index is 11.7. The Morgan fingerprint density at radius 2 is 2.07 bits per heavy atom. The van der Waals surface area contributed by atoms with Gasteiger partial charge in [0, 0.05) is 19.6 Å². The maximum Gasteiger partial charge on any atom is 0.257 e. The van der Waals surface area contributed by atoms with Gasteiger partial charge in [-0.2, -0.15) is 4.98 Å². The van der Waals surface area contributed by atoms with Crippen LogP contribution in [-0.4, -0.2) is 29.6 Å². The smallest absolute Gasteiger partial charge is 0.257 e. The van der Waals surface area contributed by atoms with E-state index in [1.54, 1.807) is 0 Å². The molecule has 2 aliphatic rings. The van der Waals surface area contributed by atoms with E-state index in [1.807, 2.05) is 0 Å². The van der Waals surface area contributed by atoms with E-state index in [-0.39, 0.29) is 5.56 Å². The molecule has 2 N–H and O–H groups in total. The second-order valence-corrected chi connectivity index (χ2v) is 4.09. The summed E-state index contributed by atoms with van der Waals surface area (Å²) in [6, 6.07) is 0. The Morgan fingerprint density at radius 1 is 1.27 bits per heavy atom. The lowest BCUT2D eigenvalue weighted by atomic mass is 10.3. The molecule has 1 aromatic heterocycles. The summed E-state index contributed by atoms with van der Waals surface area (Å²) in [5, 5.41) is 3.15. The lowest BCUT2D eigenvalue weighted by Gasteiger charge is -2.15. The van der Waals surface area contributed by atoms with Crippen molar-refractivity contribution in [2.45, 2.75) is 19.3 Å². The Balaban J connectivity index is 2.03. The molecule has 0 spiro atoms. The molecular formula is C10H14N4O. The number of hydrogen-bond donors (Lipinski definition) is 2. The zero-order valence-corrected chi connectivity index (χ0v) is 8.55. The van der Waals surface area contributed by atoms with E-state index in [2.05, 4.69) is 20.2 Å². The summed E-state index contributed by atoms with van der Waals surface area (Å²) in [7, 11) is 0. The van der Waals surface area contributed by atoms with Crippen LogP contribution in [0.1, 0.15) is 18.4 Å². The van der Waals surface area contributed by atoms with Gasteiger partial charge in [0.05, 0.1) is 5.56 Å². The monoisotopic (exact) mass is 206 g/mol. The molecule has 0 aromatic carbocycles. The number of fused-ring (bicyclic) bond motifs is 1. The van der Waals surface area contributed by atoms with Crippen molar-refractivity contribution in [1.82, 2.24) is 9.97 Å². The molecule has 2 aliphatic heterocycles. The number of nitrogens with zero attached hydrogens (tertiary/aromatic N) is 2. The van der Waals surface area contributed by atoms with Crippen LogP contribution in [0.5, 0.6) is 0 Å². The van der Waals surface area contributed by atoms with Gasteiger partial charge in [0.25, 0.3) is 5.56 Å². The first-order chi connectivity index (χ1) is 7.34. The molecule has 3 rings (SSSR count). The van der Waals surface area contributed by atoms with Crippen LogP contribution in [-0.2, 0) is 6.42 Å². The van der Waals surface area contributed by atoms with E-state index in [1.165, 1.54) is 12.8 Å². The normalized spacial score (nSPS) is 19.1. The quantitative estimate of drug-likeness (QED) is 0.695. The highest BCUT2D eigenvalue weighted by molar-refractivity contribution is 5.51. The minimum absolute atomic E-state index is 0.0203. The van der Waals surface area contributed by atoms with Crippen LogP contribution in [0.2, 0.25) is 0 Å². The summed E-state index contributed by atoms with van der Waals surface area (Å²) in [6.07, 6.45) is 3.17. The first-order valence-electron chi connectivity index (χ1n) is 5.46. The molecule has 0 radical (unpaired) electrons. The van der Waals surface area contributed by atoms with Gasteiger partial charge in [-0.3, -0.25) is 9.78 Å². The Kier molecular flexibility index (Phi) is 1.90. The zero-order chi connectivity index (χ0) is 10.3. The molecule has 0 saturated carbocycles. The van der Waals surface area contributed by atoms with Crippen LogP contribution < -0.4 is 15.8 Å². The third-order valence-electron chi connectivity index (χ3n) is 3.08. The van der Waals surface area contributed by atoms with Gasteiger partial charge in [-0.05, 0) is 19.3 Å². The fourth-order valence-corrected chi connectivity index (χ4v) is 2.25. The van der Waals surface area contributed by atoms with E-state index in [4.69, 9.17) is 0 Å². The average Bonchev–Trinajstić information content (AvgIpc) is 2.88. The third kappa shape index (κ3) is 1.38. The molecule has 80 valence electrons. The molecule has 0 unspecified atom stereocenters. The SMILES string of the molecule is O=c1[nH]c(N2CCCC2)nc2c1CCN2. The van der Waals surface area contributed by atoms with Crippen LogP contribution >= 0.6 is 0 Å². The van der Waals surface area contributed by atoms with Gasteiger partial charge < -0.3 is 10.2 Å². The maximum atomic E-state index is 11.7. The number of aromatic amines is 1. The highest BCUT2D eigenvalue weighted by Crippen LogP contribution is 2.20. The molecule has 0 aliphatic carbocycles. The number of nitrogens with one attached hydrogen (secondary N) is 2. The number of hydrogen-bond acceptors (Lipinski definition) is 4. The fourth-order valence-electron chi connectivity index (χ4n) is 2.25.